The highest BCUT2D eigenvalue weighted by molar-refractivity contribution is 5.66. The maximum absolute atomic E-state index is 10.9. The summed E-state index contributed by atoms with van der Waals surface area (Å²) in [6, 6.07) is 0.635. The molecule has 0 saturated heterocycles. The van der Waals surface area contributed by atoms with Crippen LogP contribution in [0.5, 0.6) is 0 Å². The van der Waals surface area contributed by atoms with E-state index in [1.165, 1.54) is 70.6 Å². The predicted octanol–water partition coefficient (Wildman–Crippen LogP) is 4.46. The molecule has 1 rings (SSSR count). The molecule has 0 heterocycles. The molecule has 1 aliphatic rings. The number of rotatable bonds is 9. The molecule has 0 aromatic heterocycles. The van der Waals surface area contributed by atoms with Gasteiger partial charge in [-0.15, -0.1) is 0 Å². The summed E-state index contributed by atoms with van der Waals surface area (Å²) in [6.45, 7) is 4.07. The van der Waals surface area contributed by atoms with Crippen molar-refractivity contribution in [2.45, 2.75) is 90.0 Å². The van der Waals surface area contributed by atoms with E-state index in [1.807, 2.05) is 0 Å². The van der Waals surface area contributed by atoms with Gasteiger partial charge in [-0.2, -0.15) is 0 Å². The van der Waals surface area contributed by atoms with Crippen molar-refractivity contribution in [1.82, 2.24) is 4.90 Å². The quantitative estimate of drug-likeness (QED) is 0.635. The predicted molar refractivity (Wildman–Crippen MR) is 84.1 cm³/mol. The van der Waals surface area contributed by atoms with Gasteiger partial charge in [0.15, 0.2) is 0 Å². The molecule has 0 aromatic carbocycles. The summed E-state index contributed by atoms with van der Waals surface area (Å²) in [5, 5.41) is 8.94. The average molecular weight is 283 g/mol. The van der Waals surface area contributed by atoms with Crippen LogP contribution < -0.4 is 0 Å². The second-order valence-corrected chi connectivity index (χ2v) is 6.24. The van der Waals surface area contributed by atoms with Gasteiger partial charge in [-0.25, -0.2) is 0 Å². The summed E-state index contributed by atoms with van der Waals surface area (Å²) >= 11 is 0. The zero-order chi connectivity index (χ0) is 14.6. The molecule has 0 bridgehead atoms. The minimum Gasteiger partial charge on any atom is -0.481 e. The van der Waals surface area contributed by atoms with Crippen molar-refractivity contribution in [1.29, 1.82) is 0 Å². The van der Waals surface area contributed by atoms with Crippen molar-refractivity contribution in [3.05, 3.63) is 0 Å². The summed E-state index contributed by atoms with van der Waals surface area (Å²) < 4.78 is 0. The fraction of sp³-hybridized carbons (Fsp3) is 0.941. The Morgan fingerprint density at radius 2 is 1.65 bits per heavy atom. The van der Waals surface area contributed by atoms with Gasteiger partial charge in [0.25, 0.3) is 0 Å². The van der Waals surface area contributed by atoms with Crippen LogP contribution in [0, 0.1) is 0 Å². The first-order chi connectivity index (χ1) is 9.74. The van der Waals surface area contributed by atoms with Gasteiger partial charge in [0.2, 0.25) is 0 Å². The number of aliphatic carboxylic acids is 1. The van der Waals surface area contributed by atoms with Gasteiger partial charge >= 0.3 is 5.97 Å². The first-order valence-electron chi connectivity index (χ1n) is 8.70. The van der Waals surface area contributed by atoms with E-state index in [1.54, 1.807) is 0 Å². The number of hydrogen-bond acceptors (Lipinski definition) is 2. The van der Waals surface area contributed by atoms with E-state index >= 15 is 0 Å². The Kier molecular flexibility index (Phi) is 9.73. The summed E-state index contributed by atoms with van der Waals surface area (Å²) in [6.07, 6.45) is 14.7. The SMILES string of the molecule is CCCCCCN(CCC(=O)O)C1CCCCCCC1. The van der Waals surface area contributed by atoms with Gasteiger partial charge in [0, 0.05) is 12.6 Å². The summed E-state index contributed by atoms with van der Waals surface area (Å²) in [7, 11) is 0. The molecule has 0 atom stereocenters. The van der Waals surface area contributed by atoms with Gasteiger partial charge in [0.05, 0.1) is 6.42 Å². The number of nitrogens with zero attached hydrogens (tertiary/aromatic N) is 1. The van der Waals surface area contributed by atoms with Crippen LogP contribution in [-0.4, -0.2) is 35.1 Å². The lowest BCUT2D eigenvalue weighted by Crippen LogP contribution is -2.38. The number of carboxylic acids is 1. The average Bonchev–Trinajstić information content (AvgIpc) is 2.38. The van der Waals surface area contributed by atoms with E-state index in [0.717, 1.165) is 13.1 Å². The van der Waals surface area contributed by atoms with Crippen molar-refractivity contribution in [2.24, 2.45) is 0 Å². The molecule has 0 spiro atoms. The third-order valence-electron chi connectivity index (χ3n) is 4.50. The van der Waals surface area contributed by atoms with Gasteiger partial charge in [-0.3, -0.25) is 9.69 Å². The van der Waals surface area contributed by atoms with E-state index in [9.17, 15) is 4.79 Å². The molecule has 0 aliphatic heterocycles. The van der Waals surface area contributed by atoms with Gasteiger partial charge in [0.1, 0.15) is 0 Å². The standard InChI is InChI=1S/C17H33NO2/c1-2-3-4-10-14-18(15-13-17(19)20)16-11-8-6-5-7-9-12-16/h16H,2-15H2,1H3,(H,19,20). The molecule has 0 unspecified atom stereocenters. The molecule has 0 aromatic rings. The third-order valence-corrected chi connectivity index (χ3v) is 4.50. The van der Waals surface area contributed by atoms with E-state index in [2.05, 4.69) is 11.8 Å². The summed E-state index contributed by atoms with van der Waals surface area (Å²) in [5.74, 6) is -0.658. The normalized spacial score (nSPS) is 17.9. The van der Waals surface area contributed by atoms with Crippen LogP contribution >= 0.6 is 0 Å². The maximum atomic E-state index is 10.9. The Balaban J connectivity index is 2.42. The second-order valence-electron chi connectivity index (χ2n) is 6.24. The van der Waals surface area contributed by atoms with Crippen molar-refractivity contribution >= 4 is 5.97 Å². The highest BCUT2D eigenvalue weighted by Gasteiger charge is 2.19. The third kappa shape index (κ3) is 7.88. The highest BCUT2D eigenvalue weighted by Crippen LogP contribution is 2.22. The number of unbranched alkanes of at least 4 members (excludes halogenated alkanes) is 3. The van der Waals surface area contributed by atoms with Crippen LogP contribution in [0.15, 0.2) is 0 Å². The highest BCUT2D eigenvalue weighted by atomic mass is 16.4. The zero-order valence-electron chi connectivity index (χ0n) is 13.3. The van der Waals surface area contributed by atoms with Crippen LogP contribution in [0.3, 0.4) is 0 Å². The smallest absolute Gasteiger partial charge is 0.304 e. The fourth-order valence-electron chi connectivity index (χ4n) is 3.26. The molecule has 118 valence electrons. The Morgan fingerprint density at radius 3 is 2.25 bits per heavy atom. The van der Waals surface area contributed by atoms with E-state index < -0.39 is 5.97 Å². The lowest BCUT2D eigenvalue weighted by atomic mass is 9.95. The first-order valence-corrected chi connectivity index (χ1v) is 8.70. The van der Waals surface area contributed by atoms with Crippen LogP contribution in [-0.2, 0) is 4.79 Å². The molecule has 1 fully saturated rings. The Hall–Kier alpha value is -0.570. The van der Waals surface area contributed by atoms with E-state index in [0.29, 0.717) is 12.5 Å². The molecule has 1 saturated carbocycles. The van der Waals surface area contributed by atoms with Gasteiger partial charge in [-0.1, -0.05) is 58.3 Å². The largest absolute Gasteiger partial charge is 0.481 e. The molecule has 20 heavy (non-hydrogen) atoms. The van der Waals surface area contributed by atoms with Crippen molar-refractivity contribution in [3.63, 3.8) is 0 Å². The van der Waals surface area contributed by atoms with Gasteiger partial charge < -0.3 is 5.11 Å². The van der Waals surface area contributed by atoms with Crippen molar-refractivity contribution < 1.29 is 9.90 Å². The number of carboxylic acid groups (broad SMARTS) is 1. The van der Waals surface area contributed by atoms with Gasteiger partial charge in [-0.05, 0) is 25.8 Å². The van der Waals surface area contributed by atoms with Crippen LogP contribution in [0.25, 0.3) is 0 Å². The lowest BCUT2D eigenvalue weighted by molar-refractivity contribution is -0.137. The second kappa shape index (κ2) is 11.1. The molecule has 0 radical (unpaired) electrons. The Morgan fingerprint density at radius 1 is 1.00 bits per heavy atom. The minimum atomic E-state index is -0.658. The van der Waals surface area contributed by atoms with E-state index in [4.69, 9.17) is 5.11 Å². The molecule has 0 amide bonds. The monoisotopic (exact) mass is 283 g/mol. The zero-order valence-corrected chi connectivity index (χ0v) is 13.3. The van der Waals surface area contributed by atoms with Crippen LogP contribution in [0.1, 0.15) is 84.0 Å². The van der Waals surface area contributed by atoms with E-state index in [-0.39, 0.29) is 0 Å². The summed E-state index contributed by atoms with van der Waals surface area (Å²) in [4.78, 5) is 13.3. The Labute approximate surface area is 124 Å². The molecule has 3 nitrogen and oxygen atoms in total. The molecule has 3 heteroatoms. The molecule has 1 aliphatic carbocycles. The minimum absolute atomic E-state index is 0.296. The molecular formula is C17H33NO2. The number of hydrogen-bond donors (Lipinski definition) is 1. The molecular weight excluding hydrogens is 250 g/mol. The summed E-state index contributed by atoms with van der Waals surface area (Å²) in [5.41, 5.74) is 0. The molecule has 1 N–H and O–H groups in total. The Bertz CT molecular complexity index is 247. The van der Waals surface area contributed by atoms with Crippen LogP contribution in [0.2, 0.25) is 0 Å². The fourth-order valence-corrected chi connectivity index (χ4v) is 3.26. The lowest BCUT2D eigenvalue weighted by Gasteiger charge is -2.32. The maximum Gasteiger partial charge on any atom is 0.304 e. The van der Waals surface area contributed by atoms with Crippen molar-refractivity contribution in [3.8, 4) is 0 Å². The van der Waals surface area contributed by atoms with Crippen LogP contribution in [0.4, 0.5) is 0 Å². The van der Waals surface area contributed by atoms with Crippen molar-refractivity contribution in [2.75, 3.05) is 13.1 Å². The topological polar surface area (TPSA) is 40.5 Å². The first kappa shape index (κ1) is 17.5. The number of carbonyl (C=O) groups is 1.